The van der Waals surface area contributed by atoms with E-state index in [0.29, 0.717) is 19.6 Å². The van der Waals surface area contributed by atoms with Gasteiger partial charge >= 0.3 is 0 Å². The lowest BCUT2D eigenvalue weighted by atomic mass is 10.1. The Labute approximate surface area is 133 Å². The molecule has 1 aliphatic rings. The number of carbonyl (C=O) groups is 1. The Morgan fingerprint density at radius 1 is 1.13 bits per heavy atom. The van der Waals surface area contributed by atoms with Gasteiger partial charge in [0.05, 0.1) is 12.2 Å². The second-order valence-corrected chi connectivity index (χ2v) is 5.57. The van der Waals surface area contributed by atoms with Crippen molar-refractivity contribution in [1.82, 2.24) is 29.4 Å². The van der Waals surface area contributed by atoms with E-state index >= 15 is 0 Å². The van der Waals surface area contributed by atoms with E-state index in [1.807, 2.05) is 40.6 Å². The highest BCUT2D eigenvalue weighted by molar-refractivity contribution is 5.65. The molecule has 2 aromatic heterocycles. The highest BCUT2D eigenvalue weighted by atomic mass is 16.1. The molecular formula is C16H16N6O. The molecule has 1 amide bonds. The lowest BCUT2D eigenvalue weighted by molar-refractivity contribution is -0.119. The predicted octanol–water partition coefficient (Wildman–Crippen LogP) is 1.32. The van der Waals surface area contributed by atoms with Crippen molar-refractivity contribution in [2.75, 3.05) is 6.54 Å². The number of carbonyl (C=O) groups excluding carboxylic acids is 1. The second kappa shape index (κ2) is 5.35. The zero-order chi connectivity index (χ0) is 15.8. The first-order valence-corrected chi connectivity index (χ1v) is 7.47. The van der Waals surface area contributed by atoms with Gasteiger partial charge in [0.2, 0.25) is 6.41 Å². The van der Waals surface area contributed by atoms with Gasteiger partial charge < -0.3 is 9.47 Å². The van der Waals surface area contributed by atoms with Crippen molar-refractivity contribution >= 4 is 6.41 Å². The molecule has 1 aromatic carbocycles. The fraction of sp³-hybridized carbons (Fsp3) is 0.250. The van der Waals surface area contributed by atoms with Gasteiger partial charge in [-0.05, 0) is 11.6 Å². The molecule has 0 bridgehead atoms. The quantitative estimate of drug-likeness (QED) is 0.684. The molecule has 1 aliphatic heterocycles. The number of aromatic nitrogens is 5. The molecule has 3 aromatic rings. The molecule has 0 spiro atoms. The SMILES string of the molecule is Cn1nc(-c2nnc3n2CCN(C=O)C3)cc1-c1ccccc1. The zero-order valence-electron chi connectivity index (χ0n) is 12.8. The van der Waals surface area contributed by atoms with Crippen LogP contribution in [-0.4, -0.2) is 42.4 Å². The van der Waals surface area contributed by atoms with Crippen LogP contribution in [0, 0.1) is 0 Å². The van der Waals surface area contributed by atoms with Crippen LogP contribution in [0.3, 0.4) is 0 Å². The summed E-state index contributed by atoms with van der Waals surface area (Å²) in [7, 11) is 1.92. The molecule has 7 heteroatoms. The third kappa shape index (κ3) is 2.30. The zero-order valence-corrected chi connectivity index (χ0v) is 12.8. The topological polar surface area (TPSA) is 68.8 Å². The number of aryl methyl sites for hydroxylation is 1. The van der Waals surface area contributed by atoms with E-state index in [1.54, 1.807) is 4.90 Å². The predicted molar refractivity (Wildman–Crippen MR) is 84.1 cm³/mol. The van der Waals surface area contributed by atoms with Crippen LogP contribution < -0.4 is 0 Å². The normalized spacial score (nSPS) is 13.9. The smallest absolute Gasteiger partial charge is 0.210 e. The minimum absolute atomic E-state index is 0.495. The Balaban J connectivity index is 1.73. The molecule has 0 saturated heterocycles. The number of hydrogen-bond acceptors (Lipinski definition) is 4. The monoisotopic (exact) mass is 308 g/mol. The summed E-state index contributed by atoms with van der Waals surface area (Å²) in [5.74, 6) is 1.55. The summed E-state index contributed by atoms with van der Waals surface area (Å²) in [5.41, 5.74) is 2.94. The van der Waals surface area contributed by atoms with Crippen molar-refractivity contribution < 1.29 is 4.79 Å². The van der Waals surface area contributed by atoms with Gasteiger partial charge in [-0.25, -0.2) is 0 Å². The van der Waals surface area contributed by atoms with Crippen LogP contribution in [0.4, 0.5) is 0 Å². The van der Waals surface area contributed by atoms with Crippen LogP contribution in [0.25, 0.3) is 22.8 Å². The van der Waals surface area contributed by atoms with Crippen LogP contribution >= 0.6 is 0 Å². The molecule has 4 rings (SSSR count). The summed E-state index contributed by atoms with van der Waals surface area (Å²) in [5, 5.41) is 13.1. The third-order valence-electron chi connectivity index (χ3n) is 4.11. The van der Waals surface area contributed by atoms with E-state index in [9.17, 15) is 4.79 Å². The van der Waals surface area contributed by atoms with E-state index in [1.165, 1.54) is 0 Å². The minimum Gasteiger partial charge on any atom is -0.336 e. The lowest BCUT2D eigenvalue weighted by Gasteiger charge is -2.23. The van der Waals surface area contributed by atoms with Crippen LogP contribution in [0.5, 0.6) is 0 Å². The summed E-state index contributed by atoms with van der Waals surface area (Å²) < 4.78 is 3.89. The highest BCUT2D eigenvalue weighted by Gasteiger charge is 2.22. The number of fused-ring (bicyclic) bond motifs is 1. The minimum atomic E-state index is 0.495. The van der Waals surface area contributed by atoms with Crippen molar-refractivity contribution in [3.63, 3.8) is 0 Å². The van der Waals surface area contributed by atoms with Crippen LogP contribution in [-0.2, 0) is 24.9 Å². The maximum Gasteiger partial charge on any atom is 0.210 e. The number of rotatable bonds is 3. The summed E-state index contributed by atoms with van der Waals surface area (Å²) >= 11 is 0. The number of amides is 1. The van der Waals surface area contributed by atoms with E-state index in [0.717, 1.165) is 35.0 Å². The lowest BCUT2D eigenvalue weighted by Crippen LogP contribution is -2.32. The van der Waals surface area contributed by atoms with Gasteiger partial charge in [-0.3, -0.25) is 9.48 Å². The molecular weight excluding hydrogens is 292 g/mol. The maximum atomic E-state index is 10.9. The number of nitrogens with zero attached hydrogens (tertiary/aromatic N) is 6. The number of hydrogen-bond donors (Lipinski definition) is 0. The summed E-state index contributed by atoms with van der Waals surface area (Å²) in [6.07, 6.45) is 0.853. The molecule has 7 nitrogen and oxygen atoms in total. The first-order valence-electron chi connectivity index (χ1n) is 7.47. The molecule has 0 fully saturated rings. The Morgan fingerprint density at radius 2 is 1.96 bits per heavy atom. The molecule has 23 heavy (non-hydrogen) atoms. The fourth-order valence-corrected chi connectivity index (χ4v) is 2.91. The van der Waals surface area contributed by atoms with Crippen molar-refractivity contribution in [3.8, 4) is 22.8 Å². The highest BCUT2D eigenvalue weighted by Crippen LogP contribution is 2.26. The second-order valence-electron chi connectivity index (χ2n) is 5.57. The molecule has 0 N–H and O–H groups in total. The molecule has 3 heterocycles. The fourth-order valence-electron chi connectivity index (χ4n) is 2.91. The van der Waals surface area contributed by atoms with Gasteiger partial charge in [0.15, 0.2) is 11.6 Å². The molecule has 0 saturated carbocycles. The van der Waals surface area contributed by atoms with Crippen molar-refractivity contribution in [1.29, 1.82) is 0 Å². The van der Waals surface area contributed by atoms with Gasteiger partial charge in [0, 0.05) is 20.1 Å². The van der Waals surface area contributed by atoms with Crippen molar-refractivity contribution in [2.24, 2.45) is 7.05 Å². The first-order chi connectivity index (χ1) is 11.3. The van der Waals surface area contributed by atoms with Crippen LogP contribution in [0.1, 0.15) is 5.82 Å². The van der Waals surface area contributed by atoms with Crippen LogP contribution in [0.2, 0.25) is 0 Å². The standard InChI is InChI=1S/C16H16N6O/c1-20-14(12-5-3-2-4-6-12)9-13(19-20)16-18-17-15-10-21(11-23)7-8-22(15)16/h2-6,9,11H,7-8,10H2,1H3. The Hall–Kier alpha value is -2.96. The molecule has 0 atom stereocenters. The van der Waals surface area contributed by atoms with Gasteiger partial charge in [0.25, 0.3) is 0 Å². The third-order valence-corrected chi connectivity index (χ3v) is 4.11. The molecule has 0 unspecified atom stereocenters. The molecule has 0 aliphatic carbocycles. The van der Waals surface area contributed by atoms with Gasteiger partial charge in [-0.15, -0.1) is 10.2 Å². The van der Waals surface area contributed by atoms with Crippen molar-refractivity contribution in [3.05, 3.63) is 42.2 Å². The first kappa shape index (κ1) is 13.7. The number of benzene rings is 1. The van der Waals surface area contributed by atoms with Gasteiger partial charge in [0.1, 0.15) is 5.69 Å². The molecule has 0 radical (unpaired) electrons. The van der Waals surface area contributed by atoms with Crippen LogP contribution in [0.15, 0.2) is 36.4 Å². The average Bonchev–Trinajstić information content (AvgIpc) is 3.18. The summed E-state index contributed by atoms with van der Waals surface area (Å²) in [4.78, 5) is 12.6. The van der Waals surface area contributed by atoms with E-state index in [4.69, 9.17) is 0 Å². The van der Waals surface area contributed by atoms with E-state index < -0.39 is 0 Å². The largest absolute Gasteiger partial charge is 0.336 e. The maximum absolute atomic E-state index is 10.9. The Morgan fingerprint density at radius 3 is 2.74 bits per heavy atom. The van der Waals surface area contributed by atoms with E-state index in [2.05, 4.69) is 27.4 Å². The summed E-state index contributed by atoms with van der Waals surface area (Å²) in [6, 6.07) is 12.2. The Kier molecular flexibility index (Phi) is 3.18. The Bertz CT molecular complexity index is 851. The van der Waals surface area contributed by atoms with Gasteiger partial charge in [-0.1, -0.05) is 30.3 Å². The molecule has 116 valence electrons. The summed E-state index contributed by atoms with van der Waals surface area (Å²) in [6.45, 7) is 1.85. The van der Waals surface area contributed by atoms with Gasteiger partial charge in [-0.2, -0.15) is 5.10 Å². The van der Waals surface area contributed by atoms with E-state index in [-0.39, 0.29) is 0 Å². The van der Waals surface area contributed by atoms with Crippen molar-refractivity contribution in [2.45, 2.75) is 13.1 Å². The average molecular weight is 308 g/mol.